The molecule has 0 aromatic carbocycles. The first-order valence-corrected chi connectivity index (χ1v) is 24.0. The Morgan fingerprint density at radius 2 is 1.76 bits per heavy atom. The molecule has 4 saturated carbocycles. The third-order valence-corrected chi connectivity index (χ3v) is 19.6. The molecule has 1 aromatic heterocycles. The van der Waals surface area contributed by atoms with E-state index in [4.69, 9.17) is 4.74 Å². The van der Waals surface area contributed by atoms with Crippen LogP contribution in [0, 0.1) is 70.0 Å². The Kier molecular flexibility index (Phi) is 10.9. The van der Waals surface area contributed by atoms with E-state index in [-0.39, 0.29) is 17.6 Å². The summed E-state index contributed by atoms with van der Waals surface area (Å²) in [6.07, 6.45) is 17.5. The normalized spacial score (nSPS) is 42.6. The van der Waals surface area contributed by atoms with Crippen molar-refractivity contribution < 1.29 is 14.6 Å². The Morgan fingerprint density at radius 3 is 2.44 bits per heavy atom. The van der Waals surface area contributed by atoms with E-state index in [1.807, 2.05) is 13.0 Å². The van der Waals surface area contributed by atoms with Crippen molar-refractivity contribution in [1.82, 2.24) is 14.6 Å². The van der Waals surface area contributed by atoms with Crippen molar-refractivity contribution >= 4 is 29.3 Å². The highest BCUT2D eigenvalue weighted by Gasteiger charge is 2.69. The van der Waals surface area contributed by atoms with Gasteiger partial charge in [-0.3, -0.25) is 4.79 Å². The van der Waals surface area contributed by atoms with Crippen LogP contribution in [-0.2, 0) is 4.79 Å². The smallest absolute Gasteiger partial charge is 0.313 e. The summed E-state index contributed by atoms with van der Waals surface area (Å²) >= 11 is 3.51. The first-order chi connectivity index (χ1) is 26.1. The lowest BCUT2D eigenvalue weighted by Crippen LogP contribution is -2.67. The second-order valence-electron chi connectivity index (χ2n) is 20.6. The molecule has 1 aliphatic heterocycles. The van der Waals surface area contributed by atoms with Crippen LogP contribution in [-0.4, -0.2) is 70.2 Å². The van der Waals surface area contributed by atoms with Crippen LogP contribution in [0.2, 0.25) is 0 Å². The van der Waals surface area contributed by atoms with E-state index in [9.17, 15) is 9.90 Å². The van der Waals surface area contributed by atoms with E-state index in [0.29, 0.717) is 59.1 Å². The summed E-state index contributed by atoms with van der Waals surface area (Å²) in [6, 6.07) is 1.91. The van der Waals surface area contributed by atoms with E-state index >= 15 is 0 Å². The maximum Gasteiger partial charge on any atom is 0.313 e. The van der Waals surface area contributed by atoms with Crippen molar-refractivity contribution in [2.45, 2.75) is 125 Å². The van der Waals surface area contributed by atoms with Crippen LogP contribution in [0.1, 0.15) is 117 Å². The van der Waals surface area contributed by atoms with Gasteiger partial charge in [0.05, 0.1) is 0 Å². The number of allylic oxidation sites excluding steroid dienone is 5. The van der Waals surface area contributed by atoms with E-state index in [1.54, 1.807) is 0 Å². The highest BCUT2D eigenvalue weighted by Crippen LogP contribution is 2.74. The van der Waals surface area contributed by atoms with Gasteiger partial charge in [0.15, 0.2) is 0 Å². The zero-order valence-corrected chi connectivity index (χ0v) is 36.8. The van der Waals surface area contributed by atoms with Crippen LogP contribution in [0.4, 0.5) is 0 Å². The second kappa shape index (κ2) is 14.9. The van der Waals surface area contributed by atoms with Crippen molar-refractivity contribution in [2.75, 3.05) is 44.3 Å². The lowest BCUT2D eigenvalue weighted by Gasteiger charge is -2.70. The number of nitrogens with one attached hydrogen (secondary N) is 1. The van der Waals surface area contributed by atoms with E-state index < -0.39 is 11.4 Å². The summed E-state index contributed by atoms with van der Waals surface area (Å²) in [4.78, 5) is 16.5. The summed E-state index contributed by atoms with van der Waals surface area (Å²) < 4.78 is 10.3. The zero-order chi connectivity index (χ0) is 39.0. The van der Waals surface area contributed by atoms with Crippen LogP contribution in [0.5, 0.6) is 5.88 Å². The molecular formula is C47H71N3O3S2. The van der Waals surface area contributed by atoms with Gasteiger partial charge < -0.3 is 20.1 Å². The fraction of sp³-hybridized carbons (Fsp3) is 0.787. The Hall–Kier alpha value is -1.61. The number of fused-ring (bicyclic) bond motifs is 7. The number of carboxylic acid groups (broad SMARTS) is 1. The summed E-state index contributed by atoms with van der Waals surface area (Å²) in [5.74, 6) is 7.08. The van der Waals surface area contributed by atoms with Crippen LogP contribution in [0.15, 0.2) is 41.5 Å². The Bertz CT molecular complexity index is 1690. The molecule has 55 heavy (non-hydrogen) atoms. The minimum Gasteiger partial charge on any atom is -0.481 e. The number of carbonyl (C=O) groups is 1. The maximum absolute atomic E-state index is 12.7. The van der Waals surface area contributed by atoms with Crippen LogP contribution in [0.25, 0.3) is 0 Å². The molecule has 0 bridgehead atoms. The summed E-state index contributed by atoms with van der Waals surface area (Å²) in [7, 11) is 0. The highest BCUT2D eigenvalue weighted by atomic mass is 32.2. The highest BCUT2D eigenvalue weighted by molar-refractivity contribution is 7.99. The van der Waals surface area contributed by atoms with Crippen molar-refractivity contribution in [3.8, 4) is 5.88 Å². The summed E-state index contributed by atoms with van der Waals surface area (Å²) in [5.41, 5.74) is 4.45. The molecule has 8 heteroatoms. The predicted molar refractivity (Wildman–Crippen MR) is 229 cm³/mol. The molecule has 1 saturated heterocycles. The van der Waals surface area contributed by atoms with Gasteiger partial charge in [0, 0.05) is 54.2 Å². The van der Waals surface area contributed by atoms with Crippen molar-refractivity contribution in [2.24, 2.45) is 63.1 Å². The lowest BCUT2D eigenvalue weighted by atomic mass is 9.35. The minimum absolute atomic E-state index is 0.0646. The maximum atomic E-state index is 12.7. The first kappa shape index (κ1) is 40.2. The largest absolute Gasteiger partial charge is 0.481 e. The van der Waals surface area contributed by atoms with Crippen molar-refractivity contribution in [3.05, 3.63) is 46.4 Å². The molecule has 6 aliphatic carbocycles. The quantitative estimate of drug-likeness (QED) is 0.229. The molecule has 1 unspecified atom stereocenters. The molecule has 0 amide bonds. The predicted octanol–water partition coefficient (Wildman–Crippen LogP) is 10.5. The van der Waals surface area contributed by atoms with Gasteiger partial charge in [-0.05, 0) is 165 Å². The number of rotatable bonds is 10. The number of nitrogens with zero attached hydrogens (tertiary/aromatic N) is 2. The zero-order valence-electron chi connectivity index (χ0n) is 35.2. The second-order valence-corrected chi connectivity index (χ2v) is 22.9. The molecule has 2 heterocycles. The van der Waals surface area contributed by atoms with Gasteiger partial charge in [-0.25, -0.2) is 0 Å². The van der Waals surface area contributed by atoms with Gasteiger partial charge in [-0.1, -0.05) is 58.9 Å². The Balaban J connectivity index is 1.02. The molecule has 6 nitrogen and oxygen atoms in total. The van der Waals surface area contributed by atoms with Crippen molar-refractivity contribution in [1.29, 1.82) is 0 Å². The lowest BCUT2D eigenvalue weighted by molar-refractivity contribution is -0.201. The summed E-state index contributed by atoms with van der Waals surface area (Å²) in [5, 5.41) is 14.8. The number of ether oxygens (including phenoxy) is 1. The Morgan fingerprint density at radius 1 is 1.02 bits per heavy atom. The van der Waals surface area contributed by atoms with Crippen molar-refractivity contribution in [3.63, 3.8) is 0 Å². The molecule has 304 valence electrons. The number of thioether (sulfide) groups is 1. The number of aromatic nitrogens is 1. The molecule has 0 spiro atoms. The molecule has 5 fully saturated rings. The molecule has 11 atom stereocenters. The molecule has 7 aliphatic rings. The standard InChI is InChI=1S/C47H71N3O3S2/c1-30(2)34-13-18-47(48-21-22-50-23-25-54-26-24-50)20-19-45(8)37(41(34)47)10-9-36-40-31(3)27-38(43(5,6)35(40)14-15-44(36,45)7)33-11-16-46(17-12-33,42(51)52)29-53-39-28-32(4)55-49-39/h11,27-28,31,34-37,40-41,48H,1,9-10,12-26,29H2,2-8H3,(H,51,52)/t31-,34-,35+,36+,37+,40-,41+,44+,45+,46?,47-/m0/s1. The first-order valence-electron chi connectivity index (χ1n) is 22.1. The monoisotopic (exact) mass is 789 g/mol. The van der Waals surface area contributed by atoms with E-state index in [1.165, 1.54) is 111 Å². The van der Waals surface area contributed by atoms with Gasteiger partial charge >= 0.3 is 5.97 Å². The number of aryl methyl sites for hydroxylation is 1. The topological polar surface area (TPSA) is 74.7 Å². The third kappa shape index (κ3) is 6.65. The summed E-state index contributed by atoms with van der Waals surface area (Å²) in [6.45, 7) is 27.1. The van der Waals surface area contributed by atoms with Gasteiger partial charge in [0.2, 0.25) is 5.88 Å². The van der Waals surface area contributed by atoms with Gasteiger partial charge in [-0.2, -0.15) is 16.1 Å². The number of aliphatic carboxylic acids is 1. The fourth-order valence-corrected chi connectivity index (χ4v) is 16.1. The number of hydrogen-bond acceptors (Lipinski definition) is 7. The van der Waals surface area contributed by atoms with E-state index in [0.717, 1.165) is 29.7 Å². The third-order valence-electron chi connectivity index (χ3n) is 17.9. The molecule has 0 radical (unpaired) electrons. The van der Waals surface area contributed by atoms with Crippen LogP contribution < -0.4 is 10.1 Å². The molecular weight excluding hydrogens is 719 g/mol. The van der Waals surface area contributed by atoms with E-state index in [2.05, 4.69) is 86.6 Å². The Labute approximate surface area is 341 Å². The van der Waals surface area contributed by atoms with Crippen LogP contribution in [0.3, 0.4) is 0 Å². The SMILES string of the molecule is C=C(C)[C@@H]1CC[C@]2(NCCN3CCSCC3)CC[C@]3(C)[C@H](CC[C@@H]4[C@@H]5[C@@H](CC[C@]43C)C(C)(C)C(C3=CCC(COc4cc(C)sn4)(C(=O)O)CC3)=C[C@@H]5C)[C@@H]12. The number of hydrogen-bond donors (Lipinski definition) is 2. The van der Waals surface area contributed by atoms with Gasteiger partial charge in [0.25, 0.3) is 0 Å². The minimum atomic E-state index is -0.905. The molecule has 2 N–H and O–H groups in total. The van der Waals surface area contributed by atoms with Gasteiger partial charge in [-0.15, -0.1) is 0 Å². The fourth-order valence-electron chi connectivity index (χ4n) is 14.7. The average Bonchev–Trinajstić information content (AvgIpc) is 3.76. The molecule has 1 aromatic rings. The average molecular weight is 790 g/mol. The number of carboxylic acids is 1. The van der Waals surface area contributed by atoms with Gasteiger partial charge in [0.1, 0.15) is 12.0 Å². The van der Waals surface area contributed by atoms with Crippen LogP contribution >= 0.6 is 23.3 Å². The molecule has 8 rings (SSSR count).